The van der Waals surface area contributed by atoms with Crippen molar-refractivity contribution in [3.8, 4) is 0 Å². The molecular weight excluding hydrogens is 210 g/mol. The normalized spacial score (nSPS) is 11.9. The van der Waals surface area contributed by atoms with E-state index in [9.17, 15) is 0 Å². The minimum Gasteiger partial charge on any atom is -0.409 e. The van der Waals surface area contributed by atoms with Gasteiger partial charge in [0, 0.05) is 12.4 Å². The fourth-order valence-corrected chi connectivity index (χ4v) is 1.20. The minimum atomic E-state index is -0.0992. The van der Waals surface area contributed by atoms with Crippen LogP contribution >= 0.6 is 0 Å². The van der Waals surface area contributed by atoms with Gasteiger partial charge in [0.1, 0.15) is 6.33 Å². The van der Waals surface area contributed by atoms with Crippen LogP contribution in [0.3, 0.4) is 0 Å². The SMILES string of the molecule is NC(=NO)c1ncn(CCn2cccn2)n1. The minimum absolute atomic E-state index is 0.0992. The van der Waals surface area contributed by atoms with E-state index >= 15 is 0 Å². The van der Waals surface area contributed by atoms with Crippen LogP contribution in [-0.4, -0.2) is 35.6 Å². The van der Waals surface area contributed by atoms with E-state index in [-0.39, 0.29) is 11.7 Å². The largest absolute Gasteiger partial charge is 0.409 e. The van der Waals surface area contributed by atoms with Crippen molar-refractivity contribution in [1.82, 2.24) is 24.5 Å². The molecule has 0 radical (unpaired) electrons. The van der Waals surface area contributed by atoms with E-state index in [1.807, 2.05) is 12.3 Å². The zero-order valence-corrected chi connectivity index (χ0v) is 8.43. The molecule has 8 nitrogen and oxygen atoms in total. The molecule has 0 fully saturated rings. The van der Waals surface area contributed by atoms with Gasteiger partial charge in [-0.3, -0.25) is 9.36 Å². The molecule has 84 valence electrons. The molecule has 0 aromatic carbocycles. The number of hydrogen-bond acceptors (Lipinski definition) is 5. The molecular formula is C8H11N7O. The van der Waals surface area contributed by atoms with Crippen molar-refractivity contribution in [1.29, 1.82) is 0 Å². The molecule has 0 bridgehead atoms. The van der Waals surface area contributed by atoms with E-state index in [1.165, 1.54) is 6.33 Å². The van der Waals surface area contributed by atoms with Crippen molar-refractivity contribution in [2.24, 2.45) is 10.9 Å². The van der Waals surface area contributed by atoms with Gasteiger partial charge in [-0.15, -0.1) is 5.10 Å². The quantitative estimate of drug-likeness (QED) is 0.306. The molecule has 0 aliphatic heterocycles. The average molecular weight is 221 g/mol. The third kappa shape index (κ3) is 2.16. The van der Waals surface area contributed by atoms with Crippen LogP contribution in [0.2, 0.25) is 0 Å². The second kappa shape index (κ2) is 4.43. The Morgan fingerprint density at radius 1 is 1.44 bits per heavy atom. The molecule has 0 amide bonds. The van der Waals surface area contributed by atoms with E-state index in [0.717, 1.165) is 0 Å². The van der Waals surface area contributed by atoms with Crippen LogP contribution in [0, 0.1) is 0 Å². The number of rotatable bonds is 4. The monoisotopic (exact) mass is 221 g/mol. The number of nitrogens with two attached hydrogens (primary N) is 1. The van der Waals surface area contributed by atoms with Gasteiger partial charge < -0.3 is 10.9 Å². The molecule has 0 atom stereocenters. The molecule has 2 aromatic rings. The molecule has 0 saturated carbocycles. The van der Waals surface area contributed by atoms with Crippen LogP contribution < -0.4 is 5.73 Å². The topological polar surface area (TPSA) is 107 Å². The Morgan fingerprint density at radius 2 is 2.25 bits per heavy atom. The molecule has 3 N–H and O–H groups in total. The molecule has 16 heavy (non-hydrogen) atoms. The molecule has 0 aliphatic carbocycles. The third-order valence-electron chi connectivity index (χ3n) is 1.99. The maximum absolute atomic E-state index is 8.44. The van der Waals surface area contributed by atoms with Gasteiger partial charge in [0.05, 0.1) is 13.1 Å². The summed E-state index contributed by atoms with van der Waals surface area (Å²) in [5, 5.41) is 19.3. The Hall–Kier alpha value is -2.38. The highest BCUT2D eigenvalue weighted by atomic mass is 16.4. The first kappa shape index (κ1) is 10.1. The standard InChI is InChI=1S/C8H11N7O/c9-7(13-16)8-10-6-15(12-8)5-4-14-3-1-2-11-14/h1-3,6,16H,4-5H2,(H2,9,13). The molecule has 0 spiro atoms. The summed E-state index contributed by atoms with van der Waals surface area (Å²) in [6.07, 6.45) is 5.10. The van der Waals surface area contributed by atoms with E-state index < -0.39 is 0 Å². The molecule has 8 heteroatoms. The smallest absolute Gasteiger partial charge is 0.219 e. The first-order chi connectivity index (χ1) is 7.79. The lowest BCUT2D eigenvalue weighted by Gasteiger charge is -2.00. The van der Waals surface area contributed by atoms with Gasteiger partial charge >= 0.3 is 0 Å². The summed E-state index contributed by atoms with van der Waals surface area (Å²) in [6, 6.07) is 1.85. The zero-order valence-electron chi connectivity index (χ0n) is 8.43. The van der Waals surface area contributed by atoms with Gasteiger partial charge in [0.15, 0.2) is 0 Å². The number of hydrogen-bond donors (Lipinski definition) is 2. The molecule has 2 heterocycles. The van der Waals surface area contributed by atoms with Gasteiger partial charge in [0.25, 0.3) is 0 Å². The first-order valence-electron chi connectivity index (χ1n) is 4.64. The van der Waals surface area contributed by atoms with Gasteiger partial charge in [-0.1, -0.05) is 5.16 Å². The fraction of sp³-hybridized carbons (Fsp3) is 0.250. The summed E-state index contributed by atoms with van der Waals surface area (Å²) in [5.41, 5.74) is 5.34. The maximum Gasteiger partial charge on any atom is 0.219 e. The van der Waals surface area contributed by atoms with Crippen LogP contribution in [0.1, 0.15) is 5.82 Å². The molecule has 0 unspecified atom stereocenters. The maximum atomic E-state index is 8.44. The highest BCUT2D eigenvalue weighted by Gasteiger charge is 2.05. The van der Waals surface area contributed by atoms with E-state index in [0.29, 0.717) is 13.1 Å². The summed E-state index contributed by atoms with van der Waals surface area (Å²) in [7, 11) is 0. The third-order valence-corrected chi connectivity index (χ3v) is 1.99. The number of amidine groups is 1. The van der Waals surface area contributed by atoms with Gasteiger partial charge in [-0.2, -0.15) is 5.10 Å². The molecule has 2 rings (SSSR count). The lowest BCUT2D eigenvalue weighted by molar-refractivity contribution is 0.318. The summed E-state index contributed by atoms with van der Waals surface area (Å²) < 4.78 is 3.39. The van der Waals surface area contributed by atoms with E-state index in [2.05, 4.69) is 20.3 Å². The second-order valence-electron chi connectivity index (χ2n) is 3.09. The van der Waals surface area contributed by atoms with Gasteiger partial charge in [-0.25, -0.2) is 4.98 Å². The highest BCUT2D eigenvalue weighted by Crippen LogP contribution is 1.92. The lowest BCUT2D eigenvalue weighted by atomic mass is 10.6. The average Bonchev–Trinajstić information content (AvgIpc) is 2.96. The Bertz CT molecular complexity index is 472. The molecule has 0 aliphatic rings. The Kier molecular flexibility index (Phi) is 2.81. The van der Waals surface area contributed by atoms with E-state index in [1.54, 1.807) is 15.6 Å². The zero-order chi connectivity index (χ0) is 11.4. The molecule has 2 aromatic heterocycles. The summed E-state index contributed by atoms with van der Waals surface area (Å²) in [5.74, 6) is 0.112. The van der Waals surface area contributed by atoms with E-state index in [4.69, 9.17) is 10.9 Å². The van der Waals surface area contributed by atoms with Crippen molar-refractivity contribution < 1.29 is 5.21 Å². The van der Waals surface area contributed by atoms with Crippen molar-refractivity contribution in [2.75, 3.05) is 0 Å². The number of oxime groups is 1. The van der Waals surface area contributed by atoms with Crippen LogP contribution in [0.25, 0.3) is 0 Å². The number of aromatic nitrogens is 5. The number of aryl methyl sites for hydroxylation is 2. The van der Waals surface area contributed by atoms with Gasteiger partial charge in [0.2, 0.25) is 11.7 Å². The Morgan fingerprint density at radius 3 is 2.94 bits per heavy atom. The lowest BCUT2D eigenvalue weighted by Crippen LogP contribution is -2.16. The summed E-state index contributed by atoms with van der Waals surface area (Å²) >= 11 is 0. The Labute approximate surface area is 91.0 Å². The summed E-state index contributed by atoms with van der Waals surface area (Å²) in [4.78, 5) is 3.89. The van der Waals surface area contributed by atoms with Crippen LogP contribution in [-0.2, 0) is 13.1 Å². The number of nitrogens with zero attached hydrogens (tertiary/aromatic N) is 6. The van der Waals surface area contributed by atoms with Crippen molar-refractivity contribution in [3.63, 3.8) is 0 Å². The van der Waals surface area contributed by atoms with Crippen LogP contribution in [0.15, 0.2) is 29.9 Å². The predicted octanol–water partition coefficient (Wildman–Crippen LogP) is -0.731. The first-order valence-corrected chi connectivity index (χ1v) is 4.64. The fourth-order valence-electron chi connectivity index (χ4n) is 1.20. The van der Waals surface area contributed by atoms with Crippen molar-refractivity contribution in [3.05, 3.63) is 30.6 Å². The molecule has 0 saturated heterocycles. The van der Waals surface area contributed by atoms with Crippen LogP contribution in [0.4, 0.5) is 0 Å². The van der Waals surface area contributed by atoms with Crippen molar-refractivity contribution >= 4 is 5.84 Å². The van der Waals surface area contributed by atoms with Gasteiger partial charge in [-0.05, 0) is 6.07 Å². The summed E-state index contributed by atoms with van der Waals surface area (Å²) in [6.45, 7) is 1.30. The van der Waals surface area contributed by atoms with Crippen LogP contribution in [0.5, 0.6) is 0 Å². The second-order valence-corrected chi connectivity index (χ2v) is 3.09. The Balaban J connectivity index is 1.98. The highest BCUT2D eigenvalue weighted by molar-refractivity contribution is 5.93. The van der Waals surface area contributed by atoms with Crippen molar-refractivity contribution in [2.45, 2.75) is 13.1 Å². The predicted molar refractivity (Wildman–Crippen MR) is 54.8 cm³/mol.